The van der Waals surface area contributed by atoms with E-state index in [4.69, 9.17) is 10.3 Å². The number of hydrogen-bond acceptors (Lipinski definition) is 3. The molecular weight excluding hydrogens is 188 g/mol. The Morgan fingerprint density at radius 2 is 2.40 bits per heavy atom. The second-order valence-corrected chi connectivity index (χ2v) is 3.45. The highest BCUT2D eigenvalue weighted by Crippen LogP contribution is 2.08. The van der Waals surface area contributed by atoms with Crippen LogP contribution < -0.4 is 11.3 Å². The van der Waals surface area contributed by atoms with Gasteiger partial charge in [-0.3, -0.25) is 11.3 Å². The van der Waals surface area contributed by atoms with Gasteiger partial charge < -0.3 is 4.42 Å². The molecule has 82 valence electrons. The van der Waals surface area contributed by atoms with Gasteiger partial charge in [-0.15, -0.1) is 11.8 Å². The first-order valence-corrected chi connectivity index (χ1v) is 5.25. The van der Waals surface area contributed by atoms with Gasteiger partial charge in [0.1, 0.15) is 5.76 Å². The molecule has 0 saturated heterocycles. The number of rotatable bonds is 6. The fourth-order valence-corrected chi connectivity index (χ4v) is 1.45. The van der Waals surface area contributed by atoms with Crippen molar-refractivity contribution in [1.82, 2.24) is 5.43 Å². The van der Waals surface area contributed by atoms with Crippen LogP contribution in [-0.4, -0.2) is 6.04 Å². The van der Waals surface area contributed by atoms with E-state index >= 15 is 0 Å². The van der Waals surface area contributed by atoms with Crippen LogP contribution in [0.5, 0.6) is 0 Å². The number of hydrazine groups is 1. The van der Waals surface area contributed by atoms with Crippen molar-refractivity contribution in [3.63, 3.8) is 0 Å². The molecule has 0 saturated carbocycles. The first kappa shape index (κ1) is 11.8. The van der Waals surface area contributed by atoms with Crippen LogP contribution in [0.1, 0.15) is 31.9 Å². The zero-order chi connectivity index (χ0) is 10.9. The van der Waals surface area contributed by atoms with Gasteiger partial charge in [-0.1, -0.05) is 0 Å². The van der Waals surface area contributed by atoms with Crippen LogP contribution >= 0.6 is 0 Å². The van der Waals surface area contributed by atoms with Crippen LogP contribution in [0.2, 0.25) is 0 Å². The SMILES string of the molecule is CC#CCCC(CCc1ccco1)NN. The molecule has 0 aliphatic carbocycles. The minimum atomic E-state index is 0.316. The zero-order valence-corrected chi connectivity index (χ0v) is 9.12. The van der Waals surface area contributed by atoms with Gasteiger partial charge in [0.15, 0.2) is 0 Å². The largest absolute Gasteiger partial charge is 0.469 e. The van der Waals surface area contributed by atoms with Crippen LogP contribution in [0.3, 0.4) is 0 Å². The molecule has 1 heterocycles. The lowest BCUT2D eigenvalue weighted by molar-refractivity contribution is 0.435. The van der Waals surface area contributed by atoms with Gasteiger partial charge in [-0.05, 0) is 31.9 Å². The first-order chi connectivity index (χ1) is 7.36. The van der Waals surface area contributed by atoms with Gasteiger partial charge in [0.25, 0.3) is 0 Å². The first-order valence-electron chi connectivity index (χ1n) is 5.25. The van der Waals surface area contributed by atoms with Gasteiger partial charge >= 0.3 is 0 Å². The summed E-state index contributed by atoms with van der Waals surface area (Å²) in [6, 6.07) is 4.21. The predicted octanol–water partition coefficient (Wildman–Crippen LogP) is 1.85. The van der Waals surface area contributed by atoms with Crippen LogP contribution in [0, 0.1) is 11.8 Å². The Morgan fingerprint density at radius 1 is 1.53 bits per heavy atom. The lowest BCUT2D eigenvalue weighted by Gasteiger charge is -2.13. The second kappa shape index (κ2) is 7.10. The van der Waals surface area contributed by atoms with Crippen molar-refractivity contribution in [2.24, 2.45) is 5.84 Å². The fraction of sp³-hybridized carbons (Fsp3) is 0.500. The lowest BCUT2D eigenvalue weighted by atomic mass is 10.1. The zero-order valence-electron chi connectivity index (χ0n) is 9.12. The standard InChI is InChI=1S/C12H18N2O/c1-2-3-4-6-11(14-13)8-9-12-7-5-10-15-12/h5,7,10-11,14H,4,6,8-9,13H2,1H3. The summed E-state index contributed by atoms with van der Waals surface area (Å²) >= 11 is 0. The summed E-state index contributed by atoms with van der Waals surface area (Å²) in [6.07, 6.45) is 5.47. The molecular formula is C12H18N2O. The predicted molar refractivity (Wildman–Crippen MR) is 60.8 cm³/mol. The topological polar surface area (TPSA) is 51.2 Å². The Kier molecular flexibility index (Phi) is 5.60. The van der Waals surface area contributed by atoms with Gasteiger partial charge in [0.2, 0.25) is 0 Å². The number of furan rings is 1. The number of hydrogen-bond donors (Lipinski definition) is 2. The number of nitrogens with one attached hydrogen (secondary N) is 1. The van der Waals surface area contributed by atoms with Gasteiger partial charge in [-0.25, -0.2) is 0 Å². The molecule has 1 aromatic rings. The van der Waals surface area contributed by atoms with E-state index in [2.05, 4.69) is 17.3 Å². The van der Waals surface area contributed by atoms with E-state index in [9.17, 15) is 0 Å². The molecule has 1 atom stereocenters. The Hall–Kier alpha value is -1.24. The highest BCUT2D eigenvalue weighted by molar-refractivity contribution is 4.99. The summed E-state index contributed by atoms with van der Waals surface area (Å²) in [4.78, 5) is 0. The molecule has 0 bridgehead atoms. The summed E-state index contributed by atoms with van der Waals surface area (Å²) in [5.74, 6) is 12.4. The van der Waals surface area contributed by atoms with Crippen molar-refractivity contribution >= 4 is 0 Å². The van der Waals surface area contributed by atoms with E-state index in [1.807, 2.05) is 19.1 Å². The molecule has 3 N–H and O–H groups in total. The smallest absolute Gasteiger partial charge is 0.103 e. The van der Waals surface area contributed by atoms with E-state index < -0.39 is 0 Å². The molecule has 0 spiro atoms. The summed E-state index contributed by atoms with van der Waals surface area (Å²) in [7, 11) is 0. The maximum absolute atomic E-state index is 5.47. The van der Waals surface area contributed by atoms with E-state index in [1.54, 1.807) is 6.26 Å². The van der Waals surface area contributed by atoms with E-state index in [0.29, 0.717) is 6.04 Å². The van der Waals surface area contributed by atoms with Crippen LogP contribution in [0.25, 0.3) is 0 Å². The molecule has 3 heteroatoms. The summed E-state index contributed by atoms with van der Waals surface area (Å²) in [6.45, 7) is 1.85. The number of aryl methyl sites for hydroxylation is 1. The molecule has 0 aliphatic heterocycles. The Balaban J connectivity index is 2.23. The van der Waals surface area contributed by atoms with Gasteiger partial charge in [-0.2, -0.15) is 0 Å². The lowest BCUT2D eigenvalue weighted by Crippen LogP contribution is -2.35. The second-order valence-electron chi connectivity index (χ2n) is 3.45. The Labute approximate surface area is 91.0 Å². The van der Waals surface area contributed by atoms with Crippen molar-refractivity contribution in [2.75, 3.05) is 0 Å². The van der Waals surface area contributed by atoms with E-state index in [0.717, 1.165) is 31.4 Å². The Morgan fingerprint density at radius 3 is 3.00 bits per heavy atom. The number of nitrogens with two attached hydrogens (primary N) is 1. The minimum absolute atomic E-state index is 0.316. The average molecular weight is 206 g/mol. The van der Waals surface area contributed by atoms with Crippen LogP contribution in [0.15, 0.2) is 22.8 Å². The molecule has 0 fully saturated rings. The van der Waals surface area contributed by atoms with Crippen molar-refractivity contribution in [1.29, 1.82) is 0 Å². The third-order valence-electron chi connectivity index (χ3n) is 2.35. The molecule has 0 aromatic carbocycles. The van der Waals surface area contributed by atoms with Crippen molar-refractivity contribution in [3.05, 3.63) is 24.2 Å². The molecule has 0 radical (unpaired) electrons. The average Bonchev–Trinajstić information content (AvgIpc) is 2.76. The van der Waals surface area contributed by atoms with Crippen molar-refractivity contribution in [3.8, 4) is 11.8 Å². The molecule has 0 aliphatic rings. The molecule has 0 amide bonds. The highest BCUT2D eigenvalue weighted by atomic mass is 16.3. The van der Waals surface area contributed by atoms with Gasteiger partial charge in [0, 0.05) is 18.9 Å². The Bertz CT molecular complexity index is 308. The van der Waals surface area contributed by atoms with E-state index in [-0.39, 0.29) is 0 Å². The summed E-state index contributed by atoms with van der Waals surface area (Å²) < 4.78 is 5.26. The van der Waals surface area contributed by atoms with Crippen LogP contribution in [0.4, 0.5) is 0 Å². The molecule has 1 rings (SSSR count). The molecule has 1 unspecified atom stereocenters. The third-order valence-corrected chi connectivity index (χ3v) is 2.35. The maximum atomic E-state index is 5.47. The fourth-order valence-electron chi connectivity index (χ4n) is 1.45. The third kappa shape index (κ3) is 4.68. The highest BCUT2D eigenvalue weighted by Gasteiger charge is 2.06. The summed E-state index contributed by atoms with van der Waals surface area (Å²) in [5, 5.41) is 0. The van der Waals surface area contributed by atoms with Gasteiger partial charge in [0.05, 0.1) is 6.26 Å². The molecule has 3 nitrogen and oxygen atoms in total. The van der Waals surface area contributed by atoms with Crippen LogP contribution in [-0.2, 0) is 6.42 Å². The van der Waals surface area contributed by atoms with E-state index in [1.165, 1.54) is 0 Å². The van der Waals surface area contributed by atoms with Crippen molar-refractivity contribution < 1.29 is 4.42 Å². The normalized spacial score (nSPS) is 11.9. The quantitative estimate of drug-likeness (QED) is 0.424. The van der Waals surface area contributed by atoms with Crippen molar-refractivity contribution in [2.45, 2.75) is 38.6 Å². The minimum Gasteiger partial charge on any atom is -0.469 e. The summed E-state index contributed by atoms with van der Waals surface area (Å²) in [5.41, 5.74) is 2.81. The monoisotopic (exact) mass is 206 g/mol. The molecule has 1 aromatic heterocycles. The molecule has 15 heavy (non-hydrogen) atoms. The maximum Gasteiger partial charge on any atom is 0.103 e.